The Morgan fingerprint density at radius 2 is 1.71 bits per heavy atom. The van der Waals surface area contributed by atoms with Gasteiger partial charge in [-0.05, 0) is 42.7 Å². The Balaban J connectivity index is 1.44. The van der Waals surface area contributed by atoms with E-state index < -0.39 is 22.0 Å². The molecule has 2 amide bonds. The highest BCUT2D eigenvalue weighted by Gasteiger charge is 2.34. The maximum absolute atomic E-state index is 13.2. The summed E-state index contributed by atoms with van der Waals surface area (Å²) in [6, 6.07) is 20.3. The summed E-state index contributed by atoms with van der Waals surface area (Å²) >= 11 is 0. The lowest BCUT2D eigenvalue weighted by Gasteiger charge is -2.32. The van der Waals surface area contributed by atoms with E-state index in [4.69, 9.17) is 4.42 Å². The van der Waals surface area contributed by atoms with Crippen LogP contribution in [0.15, 0.2) is 88.4 Å². The molecule has 184 valence electrons. The average molecular weight is 496 g/mol. The standard InChI is InChI=1S/C26H29N3O5S/c30-25(21-11-7-15-29(19-21)35(32,33)23-13-5-2-6-14-23)28-24(17-20-9-3-1-4-10-20)26(31)27-18-22-12-8-16-34-22/h1-6,8-10,12-14,16,21,24H,7,11,15,17-19H2,(H,27,31)(H,28,30)/t21?,24-/m0/s1. The van der Waals surface area contributed by atoms with Gasteiger partial charge in [0.1, 0.15) is 11.8 Å². The highest BCUT2D eigenvalue weighted by molar-refractivity contribution is 7.89. The van der Waals surface area contributed by atoms with E-state index in [9.17, 15) is 18.0 Å². The highest BCUT2D eigenvalue weighted by Crippen LogP contribution is 2.24. The number of hydrogen-bond donors (Lipinski definition) is 2. The molecule has 0 aliphatic carbocycles. The number of benzene rings is 2. The van der Waals surface area contributed by atoms with Crippen molar-refractivity contribution in [3.63, 3.8) is 0 Å². The van der Waals surface area contributed by atoms with E-state index in [2.05, 4.69) is 10.6 Å². The van der Waals surface area contributed by atoms with Crippen molar-refractivity contribution >= 4 is 21.8 Å². The molecule has 1 aliphatic rings. The van der Waals surface area contributed by atoms with E-state index in [1.807, 2.05) is 30.3 Å². The molecule has 1 aliphatic heterocycles. The van der Waals surface area contributed by atoms with Crippen LogP contribution in [0.2, 0.25) is 0 Å². The molecule has 2 aromatic carbocycles. The van der Waals surface area contributed by atoms with Crippen molar-refractivity contribution in [2.24, 2.45) is 5.92 Å². The van der Waals surface area contributed by atoms with E-state index >= 15 is 0 Å². The molecule has 0 saturated carbocycles. The van der Waals surface area contributed by atoms with Crippen molar-refractivity contribution in [1.29, 1.82) is 0 Å². The predicted molar refractivity (Wildman–Crippen MR) is 131 cm³/mol. The maximum Gasteiger partial charge on any atom is 0.243 e. The molecule has 1 fully saturated rings. The van der Waals surface area contributed by atoms with Crippen molar-refractivity contribution in [1.82, 2.24) is 14.9 Å². The Hall–Kier alpha value is -3.43. The van der Waals surface area contributed by atoms with Gasteiger partial charge < -0.3 is 15.1 Å². The first-order valence-electron chi connectivity index (χ1n) is 11.6. The molecule has 0 bridgehead atoms. The second-order valence-corrected chi connectivity index (χ2v) is 10.5. The lowest BCUT2D eigenvalue weighted by Crippen LogP contribution is -2.52. The van der Waals surface area contributed by atoms with Gasteiger partial charge in [0.25, 0.3) is 0 Å². The molecular formula is C26H29N3O5S. The van der Waals surface area contributed by atoms with Crippen molar-refractivity contribution < 1.29 is 22.4 Å². The van der Waals surface area contributed by atoms with Crippen molar-refractivity contribution in [3.05, 3.63) is 90.4 Å². The molecule has 1 unspecified atom stereocenters. The molecule has 2 N–H and O–H groups in total. The first-order chi connectivity index (χ1) is 16.9. The first-order valence-corrected chi connectivity index (χ1v) is 13.1. The second kappa shape index (κ2) is 11.3. The molecule has 9 heteroatoms. The van der Waals surface area contributed by atoms with Crippen LogP contribution in [0.5, 0.6) is 0 Å². The number of carbonyl (C=O) groups is 2. The SMILES string of the molecule is O=C(N[C@@H](Cc1ccccc1)C(=O)NCc1ccco1)C1CCCN(S(=O)(=O)c2ccccc2)C1. The minimum atomic E-state index is -3.69. The monoisotopic (exact) mass is 495 g/mol. The number of rotatable bonds is 9. The highest BCUT2D eigenvalue weighted by atomic mass is 32.2. The van der Waals surface area contributed by atoms with Gasteiger partial charge in [0, 0.05) is 19.5 Å². The largest absolute Gasteiger partial charge is 0.467 e. The summed E-state index contributed by atoms with van der Waals surface area (Å²) in [5, 5.41) is 5.69. The number of nitrogens with one attached hydrogen (secondary N) is 2. The normalized spacial score (nSPS) is 17.4. The smallest absolute Gasteiger partial charge is 0.243 e. The topological polar surface area (TPSA) is 109 Å². The van der Waals surface area contributed by atoms with Crippen LogP contribution >= 0.6 is 0 Å². The number of piperidine rings is 1. The van der Waals surface area contributed by atoms with Crippen LogP contribution in [0, 0.1) is 5.92 Å². The Bertz CT molecular complexity index is 1210. The van der Waals surface area contributed by atoms with E-state index in [-0.39, 0.29) is 29.8 Å². The summed E-state index contributed by atoms with van der Waals surface area (Å²) in [6.07, 6.45) is 2.97. The zero-order chi connectivity index (χ0) is 24.7. The van der Waals surface area contributed by atoms with E-state index in [0.29, 0.717) is 31.6 Å². The number of amides is 2. The number of hydrogen-bond acceptors (Lipinski definition) is 5. The molecule has 1 aromatic heterocycles. The second-order valence-electron chi connectivity index (χ2n) is 8.56. The van der Waals surface area contributed by atoms with Crippen molar-refractivity contribution in [3.8, 4) is 0 Å². The van der Waals surface area contributed by atoms with Crippen LogP contribution in [-0.4, -0.2) is 43.7 Å². The van der Waals surface area contributed by atoms with Crippen LogP contribution in [0.4, 0.5) is 0 Å². The molecule has 2 heterocycles. The molecular weight excluding hydrogens is 466 g/mol. The van der Waals surface area contributed by atoms with Crippen molar-refractivity contribution in [2.45, 2.75) is 36.7 Å². The number of sulfonamides is 1. The lowest BCUT2D eigenvalue weighted by molar-refractivity contribution is -0.132. The van der Waals surface area contributed by atoms with Gasteiger partial charge in [-0.3, -0.25) is 9.59 Å². The number of carbonyl (C=O) groups excluding carboxylic acids is 2. The van der Waals surface area contributed by atoms with E-state index in [1.54, 1.807) is 42.5 Å². The summed E-state index contributed by atoms with van der Waals surface area (Å²) in [4.78, 5) is 26.4. The summed E-state index contributed by atoms with van der Waals surface area (Å²) in [5.41, 5.74) is 0.905. The maximum atomic E-state index is 13.2. The zero-order valence-electron chi connectivity index (χ0n) is 19.3. The van der Waals surface area contributed by atoms with Gasteiger partial charge in [-0.15, -0.1) is 0 Å². The summed E-state index contributed by atoms with van der Waals surface area (Å²) in [7, 11) is -3.69. The fourth-order valence-electron chi connectivity index (χ4n) is 4.18. The Morgan fingerprint density at radius 3 is 2.40 bits per heavy atom. The number of nitrogens with zero attached hydrogens (tertiary/aromatic N) is 1. The fourth-order valence-corrected chi connectivity index (χ4v) is 5.72. The van der Waals surface area contributed by atoms with Gasteiger partial charge in [-0.1, -0.05) is 48.5 Å². The van der Waals surface area contributed by atoms with Gasteiger partial charge in [-0.2, -0.15) is 4.31 Å². The van der Waals surface area contributed by atoms with Crippen LogP contribution in [0.1, 0.15) is 24.2 Å². The zero-order valence-corrected chi connectivity index (χ0v) is 20.1. The molecule has 0 radical (unpaired) electrons. The van der Waals surface area contributed by atoms with Crippen molar-refractivity contribution in [2.75, 3.05) is 13.1 Å². The summed E-state index contributed by atoms with van der Waals surface area (Å²) < 4.78 is 32.7. The Morgan fingerprint density at radius 1 is 1.00 bits per heavy atom. The molecule has 35 heavy (non-hydrogen) atoms. The van der Waals surface area contributed by atoms with Crippen LogP contribution < -0.4 is 10.6 Å². The first kappa shape index (κ1) is 24.7. The Kier molecular flexibility index (Phi) is 7.99. The average Bonchev–Trinajstić information content (AvgIpc) is 3.42. The van der Waals surface area contributed by atoms with Crippen LogP contribution in [-0.2, 0) is 32.6 Å². The molecule has 2 atom stereocenters. The third kappa shape index (κ3) is 6.37. The minimum absolute atomic E-state index is 0.0785. The van der Waals surface area contributed by atoms with Gasteiger partial charge in [0.05, 0.1) is 23.6 Å². The predicted octanol–water partition coefficient (Wildman–Crippen LogP) is 2.72. The summed E-state index contributed by atoms with van der Waals surface area (Å²) in [6.45, 7) is 0.646. The minimum Gasteiger partial charge on any atom is -0.467 e. The third-order valence-corrected chi connectivity index (χ3v) is 7.95. The van der Waals surface area contributed by atoms with Gasteiger partial charge in [0.15, 0.2) is 0 Å². The van der Waals surface area contributed by atoms with Crippen LogP contribution in [0.3, 0.4) is 0 Å². The quantitative estimate of drug-likeness (QED) is 0.475. The van der Waals surface area contributed by atoms with Gasteiger partial charge in [-0.25, -0.2) is 8.42 Å². The third-order valence-electron chi connectivity index (χ3n) is 6.07. The molecule has 3 aromatic rings. The molecule has 0 spiro atoms. The molecule has 4 rings (SSSR count). The Labute approximate surface area is 205 Å². The fraction of sp³-hybridized carbons (Fsp3) is 0.308. The summed E-state index contributed by atoms with van der Waals surface area (Å²) in [5.74, 6) is -0.592. The van der Waals surface area contributed by atoms with E-state index in [0.717, 1.165) is 5.56 Å². The molecule has 1 saturated heterocycles. The van der Waals surface area contributed by atoms with Crippen LogP contribution in [0.25, 0.3) is 0 Å². The lowest BCUT2D eigenvalue weighted by atomic mass is 9.97. The number of furan rings is 1. The van der Waals surface area contributed by atoms with Gasteiger partial charge in [0.2, 0.25) is 21.8 Å². The van der Waals surface area contributed by atoms with Gasteiger partial charge >= 0.3 is 0 Å². The van der Waals surface area contributed by atoms with E-state index in [1.165, 1.54) is 10.6 Å². The molecule has 8 nitrogen and oxygen atoms in total.